The van der Waals surface area contributed by atoms with E-state index in [4.69, 9.17) is 5.73 Å². The lowest BCUT2D eigenvalue weighted by Gasteiger charge is -2.05. The zero-order valence-corrected chi connectivity index (χ0v) is 11.6. The SMILES string of the molecule is Cc1cncc(Cn2cc(CCN)c3cccnc32)c1. The summed E-state index contributed by atoms with van der Waals surface area (Å²) in [5.41, 5.74) is 10.3. The normalized spacial score (nSPS) is 11.1. The Kier molecular flexibility index (Phi) is 3.48. The number of hydrogen-bond donors (Lipinski definition) is 1. The smallest absolute Gasteiger partial charge is 0.140 e. The van der Waals surface area contributed by atoms with Gasteiger partial charge in [0.15, 0.2) is 0 Å². The van der Waals surface area contributed by atoms with Gasteiger partial charge in [-0.3, -0.25) is 4.98 Å². The topological polar surface area (TPSA) is 56.7 Å². The van der Waals surface area contributed by atoms with E-state index in [0.717, 1.165) is 18.6 Å². The summed E-state index contributed by atoms with van der Waals surface area (Å²) < 4.78 is 2.18. The van der Waals surface area contributed by atoms with Crippen LogP contribution in [-0.4, -0.2) is 21.1 Å². The van der Waals surface area contributed by atoms with Crippen LogP contribution in [0, 0.1) is 6.92 Å². The molecule has 0 unspecified atom stereocenters. The van der Waals surface area contributed by atoms with E-state index in [1.807, 2.05) is 24.7 Å². The van der Waals surface area contributed by atoms with Gasteiger partial charge in [0.2, 0.25) is 0 Å². The highest BCUT2D eigenvalue weighted by Gasteiger charge is 2.09. The molecule has 0 bridgehead atoms. The maximum Gasteiger partial charge on any atom is 0.140 e. The molecule has 0 spiro atoms. The predicted octanol–water partition coefficient (Wildman–Crippen LogP) is 2.29. The van der Waals surface area contributed by atoms with Crippen LogP contribution in [0.4, 0.5) is 0 Å². The summed E-state index contributed by atoms with van der Waals surface area (Å²) in [5.74, 6) is 0. The van der Waals surface area contributed by atoms with Crippen molar-refractivity contribution in [3.05, 3.63) is 59.7 Å². The van der Waals surface area contributed by atoms with Crippen LogP contribution < -0.4 is 5.73 Å². The first-order chi connectivity index (χ1) is 9.78. The third kappa shape index (κ3) is 2.42. The first kappa shape index (κ1) is 12.8. The van der Waals surface area contributed by atoms with Crippen LogP contribution in [0.1, 0.15) is 16.7 Å². The molecule has 4 nitrogen and oxygen atoms in total. The summed E-state index contributed by atoms with van der Waals surface area (Å²) in [7, 11) is 0. The molecule has 102 valence electrons. The molecule has 2 N–H and O–H groups in total. The van der Waals surface area contributed by atoms with Crippen LogP contribution in [0.25, 0.3) is 11.0 Å². The number of hydrogen-bond acceptors (Lipinski definition) is 3. The largest absolute Gasteiger partial charge is 0.330 e. The summed E-state index contributed by atoms with van der Waals surface area (Å²) >= 11 is 0. The number of nitrogens with two attached hydrogens (primary N) is 1. The van der Waals surface area contributed by atoms with E-state index < -0.39 is 0 Å². The molecule has 0 saturated heterocycles. The standard InChI is InChI=1S/C16H18N4/c1-12-7-13(9-18-8-12)10-20-11-14(4-5-17)15-3-2-6-19-16(15)20/h2-3,6-9,11H,4-5,10,17H2,1H3. The molecule has 0 aromatic carbocycles. The van der Waals surface area contributed by atoms with E-state index in [0.29, 0.717) is 6.54 Å². The molecule has 3 rings (SSSR count). The Balaban J connectivity index is 2.03. The van der Waals surface area contributed by atoms with E-state index >= 15 is 0 Å². The fourth-order valence-corrected chi connectivity index (χ4v) is 2.57. The summed E-state index contributed by atoms with van der Waals surface area (Å²) in [6.07, 6.45) is 8.65. The Morgan fingerprint density at radius 1 is 1.30 bits per heavy atom. The minimum atomic E-state index is 0.653. The van der Waals surface area contributed by atoms with Gasteiger partial charge in [0.05, 0.1) is 6.54 Å². The molecule has 0 saturated carbocycles. The molecular formula is C16H18N4. The van der Waals surface area contributed by atoms with E-state index in [1.165, 1.54) is 22.1 Å². The lowest BCUT2D eigenvalue weighted by Crippen LogP contribution is -2.02. The summed E-state index contributed by atoms with van der Waals surface area (Å²) in [4.78, 5) is 8.75. The van der Waals surface area contributed by atoms with Gasteiger partial charge in [-0.25, -0.2) is 4.98 Å². The van der Waals surface area contributed by atoms with Gasteiger partial charge in [0, 0.05) is 30.2 Å². The monoisotopic (exact) mass is 266 g/mol. The number of aromatic nitrogens is 3. The van der Waals surface area contributed by atoms with Crippen molar-refractivity contribution >= 4 is 11.0 Å². The van der Waals surface area contributed by atoms with E-state index in [2.05, 4.69) is 39.8 Å². The zero-order valence-electron chi connectivity index (χ0n) is 11.6. The molecule has 0 radical (unpaired) electrons. The van der Waals surface area contributed by atoms with Crippen molar-refractivity contribution < 1.29 is 0 Å². The molecule has 0 aliphatic rings. The first-order valence-corrected chi connectivity index (χ1v) is 6.81. The summed E-state index contributed by atoms with van der Waals surface area (Å²) in [6, 6.07) is 6.24. The van der Waals surface area contributed by atoms with Crippen molar-refractivity contribution in [2.24, 2.45) is 5.73 Å². The Bertz CT molecular complexity index is 730. The number of nitrogens with zero attached hydrogens (tertiary/aromatic N) is 3. The fraction of sp³-hybridized carbons (Fsp3) is 0.250. The number of fused-ring (bicyclic) bond motifs is 1. The third-order valence-electron chi connectivity index (χ3n) is 3.41. The molecular weight excluding hydrogens is 248 g/mol. The Morgan fingerprint density at radius 3 is 3.00 bits per heavy atom. The average molecular weight is 266 g/mol. The molecule has 20 heavy (non-hydrogen) atoms. The summed E-state index contributed by atoms with van der Waals surface area (Å²) in [6.45, 7) is 3.50. The average Bonchev–Trinajstić information content (AvgIpc) is 2.78. The molecule has 4 heteroatoms. The van der Waals surface area contributed by atoms with Crippen molar-refractivity contribution in [1.29, 1.82) is 0 Å². The quantitative estimate of drug-likeness (QED) is 0.788. The minimum absolute atomic E-state index is 0.653. The minimum Gasteiger partial charge on any atom is -0.330 e. The van der Waals surface area contributed by atoms with Gasteiger partial charge in [0.25, 0.3) is 0 Å². The van der Waals surface area contributed by atoms with Crippen LogP contribution in [0.5, 0.6) is 0 Å². The lowest BCUT2D eigenvalue weighted by atomic mass is 10.2. The number of rotatable bonds is 4. The van der Waals surface area contributed by atoms with Crippen LogP contribution in [0.2, 0.25) is 0 Å². The van der Waals surface area contributed by atoms with Gasteiger partial charge >= 0.3 is 0 Å². The first-order valence-electron chi connectivity index (χ1n) is 6.81. The molecule has 3 aromatic heterocycles. The van der Waals surface area contributed by atoms with Gasteiger partial charge in [-0.1, -0.05) is 6.07 Å². The molecule has 3 heterocycles. The molecule has 0 atom stereocenters. The molecule has 0 aliphatic carbocycles. The second-order valence-electron chi connectivity index (χ2n) is 5.07. The van der Waals surface area contributed by atoms with Crippen LogP contribution >= 0.6 is 0 Å². The van der Waals surface area contributed by atoms with Gasteiger partial charge in [-0.2, -0.15) is 0 Å². The van der Waals surface area contributed by atoms with Crippen LogP contribution in [-0.2, 0) is 13.0 Å². The molecule has 3 aromatic rings. The van der Waals surface area contributed by atoms with E-state index in [1.54, 1.807) is 0 Å². The molecule has 0 amide bonds. The van der Waals surface area contributed by atoms with Crippen molar-refractivity contribution in [2.45, 2.75) is 19.9 Å². The number of aryl methyl sites for hydroxylation is 1. The third-order valence-corrected chi connectivity index (χ3v) is 3.41. The highest BCUT2D eigenvalue weighted by atomic mass is 15.0. The Labute approximate surface area is 118 Å². The predicted molar refractivity (Wildman–Crippen MR) is 80.6 cm³/mol. The highest BCUT2D eigenvalue weighted by molar-refractivity contribution is 5.80. The molecule has 0 fully saturated rings. The van der Waals surface area contributed by atoms with Crippen LogP contribution in [0.3, 0.4) is 0 Å². The summed E-state index contributed by atoms with van der Waals surface area (Å²) in [5, 5.41) is 1.19. The van der Waals surface area contributed by atoms with Gasteiger partial charge in [-0.05, 0) is 48.7 Å². The van der Waals surface area contributed by atoms with Gasteiger partial charge in [0.1, 0.15) is 5.65 Å². The fourth-order valence-electron chi connectivity index (χ4n) is 2.57. The van der Waals surface area contributed by atoms with E-state index in [9.17, 15) is 0 Å². The maximum atomic E-state index is 5.69. The van der Waals surface area contributed by atoms with Crippen LogP contribution in [0.15, 0.2) is 43.0 Å². The van der Waals surface area contributed by atoms with Crippen molar-refractivity contribution in [1.82, 2.24) is 14.5 Å². The zero-order chi connectivity index (χ0) is 13.9. The van der Waals surface area contributed by atoms with Crippen molar-refractivity contribution in [3.8, 4) is 0 Å². The maximum absolute atomic E-state index is 5.69. The highest BCUT2D eigenvalue weighted by Crippen LogP contribution is 2.20. The Hall–Kier alpha value is -2.20. The van der Waals surface area contributed by atoms with Gasteiger partial charge in [-0.15, -0.1) is 0 Å². The second-order valence-corrected chi connectivity index (χ2v) is 5.07. The van der Waals surface area contributed by atoms with Crippen molar-refractivity contribution in [2.75, 3.05) is 6.54 Å². The second kappa shape index (κ2) is 5.43. The Morgan fingerprint density at radius 2 is 2.20 bits per heavy atom. The molecule has 0 aliphatic heterocycles. The van der Waals surface area contributed by atoms with E-state index in [-0.39, 0.29) is 0 Å². The lowest BCUT2D eigenvalue weighted by molar-refractivity contribution is 0.811. The number of pyridine rings is 2. The van der Waals surface area contributed by atoms with Crippen molar-refractivity contribution in [3.63, 3.8) is 0 Å². The van der Waals surface area contributed by atoms with Gasteiger partial charge < -0.3 is 10.3 Å².